The summed E-state index contributed by atoms with van der Waals surface area (Å²) in [6.07, 6.45) is 8.96. The molecule has 2 aliphatic rings. The van der Waals surface area contributed by atoms with Crippen LogP contribution in [0.25, 0.3) is 5.00 Å². The first-order valence-electron chi connectivity index (χ1n) is 14.9. The average molecular weight is 619 g/mol. The molecule has 2 amide bonds. The highest BCUT2D eigenvalue weighted by molar-refractivity contribution is 7.17. The molecule has 6 rings (SSSR count). The van der Waals surface area contributed by atoms with E-state index in [0.29, 0.717) is 23.7 Å². The molecule has 226 valence electrons. The molecular formula is C33H38N4O4S2. The number of amides is 2. The molecule has 0 radical (unpaired) electrons. The third kappa shape index (κ3) is 6.23. The largest absolute Gasteiger partial charge is 0.496 e. The van der Waals surface area contributed by atoms with E-state index in [-0.39, 0.29) is 12.0 Å². The number of nitrogens with one attached hydrogen (secondary N) is 2. The van der Waals surface area contributed by atoms with Crippen LogP contribution < -0.4 is 15.4 Å². The van der Waals surface area contributed by atoms with Gasteiger partial charge in [-0.25, -0.2) is 9.59 Å². The second kappa shape index (κ2) is 13.0. The van der Waals surface area contributed by atoms with Gasteiger partial charge in [0.2, 0.25) is 0 Å². The summed E-state index contributed by atoms with van der Waals surface area (Å²) in [7, 11) is 1.71. The first kappa shape index (κ1) is 29.5. The Hall–Kier alpha value is -3.60. The molecule has 3 aromatic heterocycles. The monoisotopic (exact) mass is 618 g/mol. The molecule has 1 aromatic carbocycles. The molecule has 4 heterocycles. The third-order valence-corrected chi connectivity index (χ3v) is 10.7. The number of hydrogen-bond acceptors (Lipinski definition) is 7. The molecule has 4 aromatic rings. The normalized spacial score (nSPS) is 14.6. The van der Waals surface area contributed by atoms with Crippen LogP contribution in [-0.2, 0) is 43.6 Å². The fraction of sp³-hybridized carbons (Fsp3) is 0.394. The summed E-state index contributed by atoms with van der Waals surface area (Å²) in [5.74, 6) is 0.560. The van der Waals surface area contributed by atoms with Gasteiger partial charge < -0.3 is 19.4 Å². The van der Waals surface area contributed by atoms with Gasteiger partial charge in [0.15, 0.2) is 0 Å². The van der Waals surface area contributed by atoms with Crippen molar-refractivity contribution in [3.63, 3.8) is 0 Å². The van der Waals surface area contributed by atoms with Crippen molar-refractivity contribution < 1.29 is 19.1 Å². The number of aromatic nitrogens is 1. The number of benzene rings is 1. The molecule has 0 saturated heterocycles. The highest BCUT2D eigenvalue weighted by Crippen LogP contribution is 2.39. The van der Waals surface area contributed by atoms with Gasteiger partial charge in [-0.05, 0) is 86.4 Å². The average Bonchev–Trinajstić information content (AvgIpc) is 3.73. The number of carbonyl (C=O) groups is 2. The van der Waals surface area contributed by atoms with Crippen molar-refractivity contribution in [1.29, 1.82) is 0 Å². The van der Waals surface area contributed by atoms with Gasteiger partial charge in [-0.2, -0.15) is 0 Å². The van der Waals surface area contributed by atoms with Gasteiger partial charge in [0.1, 0.15) is 15.8 Å². The Morgan fingerprint density at radius 3 is 2.60 bits per heavy atom. The number of esters is 1. The number of hydrogen-bond donors (Lipinski definition) is 2. The highest BCUT2D eigenvalue weighted by atomic mass is 32.1. The van der Waals surface area contributed by atoms with Crippen molar-refractivity contribution in [2.24, 2.45) is 0 Å². The van der Waals surface area contributed by atoms with Crippen molar-refractivity contribution in [1.82, 2.24) is 14.8 Å². The Morgan fingerprint density at radius 2 is 1.84 bits per heavy atom. The van der Waals surface area contributed by atoms with Crippen LogP contribution in [0.15, 0.2) is 42.7 Å². The van der Waals surface area contributed by atoms with E-state index in [1.165, 1.54) is 32.2 Å². The summed E-state index contributed by atoms with van der Waals surface area (Å²) in [5, 5.41) is 7.83. The quantitative estimate of drug-likeness (QED) is 0.201. The third-order valence-electron chi connectivity index (χ3n) is 8.23. The Kier molecular flexibility index (Phi) is 8.88. The van der Waals surface area contributed by atoms with Gasteiger partial charge >= 0.3 is 12.0 Å². The van der Waals surface area contributed by atoms with Gasteiger partial charge in [-0.1, -0.05) is 12.1 Å². The summed E-state index contributed by atoms with van der Waals surface area (Å²) in [4.78, 5) is 31.1. The van der Waals surface area contributed by atoms with E-state index in [4.69, 9.17) is 9.47 Å². The van der Waals surface area contributed by atoms with Crippen molar-refractivity contribution in [2.75, 3.05) is 25.6 Å². The number of aryl methyl sites for hydroxylation is 2. The lowest BCUT2D eigenvalue weighted by molar-refractivity contribution is 0.0526. The summed E-state index contributed by atoms with van der Waals surface area (Å²) in [6, 6.07) is 10.1. The zero-order valence-electron chi connectivity index (χ0n) is 25.0. The number of carbonyl (C=O) groups excluding carboxylic acids is 2. The number of thiophene rings is 2. The first-order valence-corrected chi connectivity index (χ1v) is 16.6. The summed E-state index contributed by atoms with van der Waals surface area (Å²) in [6.45, 7) is 7.29. The second-order valence-electron chi connectivity index (χ2n) is 11.1. The number of rotatable bonds is 9. The van der Waals surface area contributed by atoms with Crippen LogP contribution in [0.5, 0.6) is 5.75 Å². The van der Waals surface area contributed by atoms with Crippen molar-refractivity contribution in [2.45, 2.75) is 65.6 Å². The van der Waals surface area contributed by atoms with Crippen molar-refractivity contribution in [3.05, 3.63) is 85.9 Å². The maximum absolute atomic E-state index is 13.3. The fourth-order valence-corrected chi connectivity index (χ4v) is 8.84. The molecule has 0 unspecified atom stereocenters. The summed E-state index contributed by atoms with van der Waals surface area (Å²) < 4.78 is 12.9. The smallest absolute Gasteiger partial charge is 0.341 e. The maximum Gasteiger partial charge on any atom is 0.341 e. The molecule has 2 N–H and O–H groups in total. The van der Waals surface area contributed by atoms with Crippen molar-refractivity contribution in [3.8, 4) is 10.8 Å². The summed E-state index contributed by atoms with van der Waals surface area (Å²) >= 11 is 3.31. The number of methoxy groups -OCH3 is 1. The second-order valence-corrected chi connectivity index (χ2v) is 13.3. The molecule has 0 spiro atoms. The van der Waals surface area contributed by atoms with Gasteiger partial charge in [0.05, 0.1) is 19.3 Å². The number of ether oxygens (including phenoxy) is 2. The minimum atomic E-state index is -0.353. The standard InChI is InChI=1S/C33H38N4O4S2/c1-4-41-32(38)29-24-9-5-6-10-27(24)42-30(29)35-33(39)34-18-25-23-13-16-36(19-22-11-12-26(40-3)21(2)17-22)20-28(23)43-31(25)37-14-7-8-15-37/h7-8,11-12,14-15,17H,4-6,9-10,13,16,18-20H2,1-3H3,(H2,34,35,39). The lowest BCUT2D eigenvalue weighted by Gasteiger charge is -2.27. The molecule has 1 aliphatic heterocycles. The van der Waals surface area contributed by atoms with E-state index in [0.717, 1.165) is 79.2 Å². The molecule has 43 heavy (non-hydrogen) atoms. The fourth-order valence-electron chi connectivity index (χ4n) is 6.19. The molecule has 0 atom stereocenters. The van der Waals surface area contributed by atoms with Crippen LogP contribution in [0.4, 0.5) is 9.80 Å². The minimum Gasteiger partial charge on any atom is -0.496 e. The van der Waals surface area contributed by atoms with Crippen LogP contribution in [0, 0.1) is 6.92 Å². The Balaban J connectivity index is 1.19. The van der Waals surface area contributed by atoms with Crippen LogP contribution in [0.3, 0.4) is 0 Å². The topological polar surface area (TPSA) is 84.8 Å². The van der Waals surface area contributed by atoms with Crippen LogP contribution >= 0.6 is 22.7 Å². The number of urea groups is 1. The maximum atomic E-state index is 13.3. The minimum absolute atomic E-state index is 0.303. The number of nitrogens with zero attached hydrogens (tertiary/aromatic N) is 2. The van der Waals surface area contributed by atoms with Crippen molar-refractivity contribution >= 4 is 39.7 Å². The van der Waals surface area contributed by atoms with Gasteiger partial charge in [0.25, 0.3) is 0 Å². The van der Waals surface area contributed by atoms with Crippen LogP contribution in [0.2, 0.25) is 0 Å². The van der Waals surface area contributed by atoms with E-state index in [9.17, 15) is 9.59 Å². The predicted molar refractivity (Wildman–Crippen MR) is 172 cm³/mol. The predicted octanol–water partition coefficient (Wildman–Crippen LogP) is 6.85. The molecule has 8 nitrogen and oxygen atoms in total. The van der Waals surface area contributed by atoms with Gasteiger partial charge in [-0.3, -0.25) is 10.2 Å². The Bertz CT molecular complexity index is 1620. The SMILES string of the molecule is CCOC(=O)c1c(NC(=O)NCc2c(-n3cccc3)sc3c2CCN(Cc2ccc(OC)c(C)c2)C3)sc2c1CCCC2. The van der Waals surface area contributed by atoms with Crippen LogP contribution in [-0.4, -0.2) is 41.7 Å². The van der Waals surface area contributed by atoms with E-state index < -0.39 is 0 Å². The zero-order chi connectivity index (χ0) is 29.9. The Labute approximate surface area is 260 Å². The molecule has 0 saturated carbocycles. The molecule has 1 aliphatic carbocycles. The van der Waals surface area contributed by atoms with E-state index in [1.807, 2.05) is 18.2 Å². The first-order chi connectivity index (χ1) is 20.9. The van der Waals surface area contributed by atoms with Gasteiger partial charge in [-0.15, -0.1) is 22.7 Å². The highest BCUT2D eigenvalue weighted by Gasteiger charge is 2.28. The summed E-state index contributed by atoms with van der Waals surface area (Å²) in [5.41, 5.74) is 6.48. The van der Waals surface area contributed by atoms with Crippen LogP contribution in [0.1, 0.15) is 67.7 Å². The van der Waals surface area contributed by atoms with E-state index in [2.05, 4.69) is 51.6 Å². The molecule has 0 bridgehead atoms. The lowest BCUT2D eigenvalue weighted by atomic mass is 9.95. The zero-order valence-corrected chi connectivity index (χ0v) is 26.6. The molecule has 0 fully saturated rings. The number of anilines is 1. The van der Waals surface area contributed by atoms with E-state index in [1.54, 1.807) is 25.4 Å². The molecule has 10 heteroatoms. The van der Waals surface area contributed by atoms with E-state index >= 15 is 0 Å². The Morgan fingerprint density at radius 1 is 1.02 bits per heavy atom. The number of fused-ring (bicyclic) bond motifs is 2. The van der Waals surface area contributed by atoms with Gasteiger partial charge in [0, 0.05) is 53.9 Å². The lowest BCUT2D eigenvalue weighted by Crippen LogP contribution is -2.31. The molecular weight excluding hydrogens is 581 g/mol.